The van der Waals surface area contributed by atoms with Crippen LogP contribution < -0.4 is 16.0 Å². The molecule has 3 amide bonds. The van der Waals surface area contributed by atoms with Gasteiger partial charge >= 0.3 is 12.1 Å². The molecule has 1 heterocycles. The molecule has 0 spiro atoms. The third-order valence-electron chi connectivity index (χ3n) is 6.48. The summed E-state index contributed by atoms with van der Waals surface area (Å²) >= 11 is 0. The molecule has 2 atom stereocenters. The third kappa shape index (κ3) is 5.98. The van der Waals surface area contributed by atoms with E-state index >= 15 is 0 Å². The quantitative estimate of drug-likeness (QED) is 0.460. The number of ether oxygens (including phenoxy) is 1. The Morgan fingerprint density at radius 2 is 1.69 bits per heavy atom. The standard InChI is InChI=1S/C26H29N3O6/c30-23-11-9-16(13-14-27-23)28-25(33)22(10-12-24(31)32)29-26(34)35-15-21-19-7-3-1-5-17(19)18-6-2-4-8-20(18)21/h1-8,16,21-22H,9-15H2,(H,27,30)(H,28,33)(H,29,34)(H,31,32). The van der Waals surface area contributed by atoms with E-state index in [0.29, 0.717) is 25.8 Å². The third-order valence-corrected chi connectivity index (χ3v) is 6.48. The molecule has 4 rings (SSSR count). The summed E-state index contributed by atoms with van der Waals surface area (Å²) < 4.78 is 5.52. The largest absolute Gasteiger partial charge is 0.481 e. The van der Waals surface area contributed by atoms with Gasteiger partial charge in [-0.15, -0.1) is 0 Å². The van der Waals surface area contributed by atoms with Gasteiger partial charge in [-0.1, -0.05) is 48.5 Å². The molecule has 0 aromatic heterocycles. The lowest BCUT2D eigenvalue weighted by Crippen LogP contribution is -2.50. The first-order valence-electron chi connectivity index (χ1n) is 11.8. The Morgan fingerprint density at radius 1 is 1.03 bits per heavy atom. The molecule has 1 aliphatic carbocycles. The number of carboxylic acid groups (broad SMARTS) is 1. The van der Waals surface area contributed by atoms with E-state index in [1.54, 1.807) is 0 Å². The molecule has 35 heavy (non-hydrogen) atoms. The van der Waals surface area contributed by atoms with Crippen LogP contribution in [-0.2, 0) is 19.1 Å². The normalized spacial score (nSPS) is 17.8. The van der Waals surface area contributed by atoms with Crippen LogP contribution in [0.2, 0.25) is 0 Å². The van der Waals surface area contributed by atoms with Crippen LogP contribution in [0.25, 0.3) is 11.1 Å². The van der Waals surface area contributed by atoms with Crippen LogP contribution in [0.15, 0.2) is 48.5 Å². The second-order valence-electron chi connectivity index (χ2n) is 8.84. The van der Waals surface area contributed by atoms with E-state index in [1.165, 1.54) is 0 Å². The molecule has 2 aromatic carbocycles. The number of benzene rings is 2. The van der Waals surface area contributed by atoms with Crippen LogP contribution in [0.1, 0.15) is 49.1 Å². The smallest absolute Gasteiger partial charge is 0.407 e. The summed E-state index contributed by atoms with van der Waals surface area (Å²) in [6.07, 6.45) is 0.198. The summed E-state index contributed by atoms with van der Waals surface area (Å²) in [5.41, 5.74) is 4.34. The van der Waals surface area contributed by atoms with Crippen LogP contribution in [0.5, 0.6) is 0 Å². The number of aliphatic carboxylic acids is 1. The van der Waals surface area contributed by atoms with Crippen LogP contribution >= 0.6 is 0 Å². The lowest BCUT2D eigenvalue weighted by atomic mass is 9.98. The number of alkyl carbamates (subject to hydrolysis) is 1. The first kappa shape index (κ1) is 24.3. The van der Waals surface area contributed by atoms with E-state index in [9.17, 15) is 19.2 Å². The van der Waals surface area contributed by atoms with Crippen molar-refractivity contribution in [3.63, 3.8) is 0 Å². The molecule has 4 N–H and O–H groups in total. The van der Waals surface area contributed by atoms with Gasteiger partial charge in [0.15, 0.2) is 0 Å². The molecule has 0 bridgehead atoms. The summed E-state index contributed by atoms with van der Waals surface area (Å²) in [5, 5.41) is 17.2. The number of carbonyl (C=O) groups excluding carboxylic acids is 3. The monoisotopic (exact) mass is 479 g/mol. The van der Waals surface area contributed by atoms with Crippen LogP contribution in [0.3, 0.4) is 0 Å². The fourth-order valence-corrected chi connectivity index (χ4v) is 4.69. The van der Waals surface area contributed by atoms with Crippen molar-refractivity contribution in [1.82, 2.24) is 16.0 Å². The Hall–Kier alpha value is -3.88. The van der Waals surface area contributed by atoms with E-state index in [2.05, 4.69) is 16.0 Å². The number of rotatable bonds is 8. The zero-order chi connectivity index (χ0) is 24.8. The van der Waals surface area contributed by atoms with Gasteiger partial charge in [-0.05, 0) is 41.5 Å². The van der Waals surface area contributed by atoms with Gasteiger partial charge in [0, 0.05) is 31.3 Å². The first-order chi connectivity index (χ1) is 16.9. The number of carboxylic acids is 1. The predicted molar refractivity (Wildman–Crippen MR) is 128 cm³/mol. The molecule has 2 unspecified atom stereocenters. The van der Waals surface area contributed by atoms with Crippen LogP contribution in [0.4, 0.5) is 4.79 Å². The lowest BCUT2D eigenvalue weighted by molar-refractivity contribution is -0.137. The van der Waals surface area contributed by atoms with Crippen molar-refractivity contribution >= 4 is 23.9 Å². The van der Waals surface area contributed by atoms with Gasteiger partial charge in [-0.25, -0.2) is 4.79 Å². The molecule has 2 aliphatic rings. The van der Waals surface area contributed by atoms with Crippen molar-refractivity contribution < 1.29 is 29.0 Å². The number of hydrogen-bond acceptors (Lipinski definition) is 5. The van der Waals surface area contributed by atoms with E-state index < -0.39 is 24.0 Å². The van der Waals surface area contributed by atoms with E-state index in [0.717, 1.165) is 22.3 Å². The number of carbonyl (C=O) groups is 4. The van der Waals surface area contributed by atoms with E-state index in [4.69, 9.17) is 9.84 Å². The highest BCUT2D eigenvalue weighted by atomic mass is 16.5. The van der Waals surface area contributed by atoms with Gasteiger partial charge in [0.1, 0.15) is 12.6 Å². The average Bonchev–Trinajstić information content (AvgIpc) is 3.02. The number of fused-ring (bicyclic) bond motifs is 3. The highest BCUT2D eigenvalue weighted by Gasteiger charge is 2.30. The fraction of sp³-hybridized carbons (Fsp3) is 0.385. The van der Waals surface area contributed by atoms with Crippen molar-refractivity contribution in [2.45, 2.75) is 50.1 Å². The highest BCUT2D eigenvalue weighted by molar-refractivity contribution is 5.86. The molecule has 0 saturated carbocycles. The van der Waals surface area contributed by atoms with Gasteiger partial charge in [-0.3, -0.25) is 14.4 Å². The summed E-state index contributed by atoms with van der Waals surface area (Å²) in [4.78, 5) is 48.2. The molecule has 9 nitrogen and oxygen atoms in total. The minimum absolute atomic E-state index is 0.0686. The maximum absolute atomic E-state index is 12.9. The van der Waals surface area contributed by atoms with Gasteiger partial charge in [-0.2, -0.15) is 0 Å². The molecular formula is C26H29N3O6. The van der Waals surface area contributed by atoms with Crippen molar-refractivity contribution in [2.24, 2.45) is 0 Å². The minimum Gasteiger partial charge on any atom is -0.481 e. The predicted octanol–water partition coefficient (Wildman–Crippen LogP) is 2.54. The number of hydrogen-bond donors (Lipinski definition) is 4. The van der Waals surface area contributed by atoms with Gasteiger partial charge in [0.25, 0.3) is 0 Å². The SMILES string of the molecule is O=C(O)CCC(NC(=O)OCC1c2ccccc2-c2ccccc21)C(=O)NC1CCNC(=O)CC1. The van der Waals surface area contributed by atoms with Crippen LogP contribution in [0, 0.1) is 0 Å². The maximum atomic E-state index is 12.9. The lowest BCUT2D eigenvalue weighted by Gasteiger charge is -2.22. The van der Waals surface area contributed by atoms with E-state index in [-0.39, 0.29) is 37.3 Å². The second kappa shape index (κ2) is 11.0. The van der Waals surface area contributed by atoms with Crippen molar-refractivity contribution in [1.29, 1.82) is 0 Å². The first-order valence-corrected chi connectivity index (χ1v) is 11.8. The average molecular weight is 480 g/mol. The molecule has 184 valence electrons. The Labute approximate surface area is 203 Å². The second-order valence-corrected chi connectivity index (χ2v) is 8.84. The van der Waals surface area contributed by atoms with Gasteiger partial charge < -0.3 is 25.8 Å². The molecule has 2 aromatic rings. The molecule has 1 fully saturated rings. The maximum Gasteiger partial charge on any atom is 0.407 e. The Kier molecular flexibility index (Phi) is 7.64. The summed E-state index contributed by atoms with van der Waals surface area (Å²) in [7, 11) is 0. The summed E-state index contributed by atoms with van der Waals surface area (Å²) in [5.74, 6) is -1.75. The zero-order valence-corrected chi connectivity index (χ0v) is 19.3. The minimum atomic E-state index is -1.07. The topological polar surface area (TPSA) is 134 Å². The molecular weight excluding hydrogens is 450 g/mol. The van der Waals surface area contributed by atoms with Gasteiger partial charge in [0.2, 0.25) is 11.8 Å². The van der Waals surface area contributed by atoms with Crippen molar-refractivity contribution in [2.75, 3.05) is 13.2 Å². The molecule has 1 aliphatic heterocycles. The van der Waals surface area contributed by atoms with Gasteiger partial charge in [0.05, 0.1) is 0 Å². The zero-order valence-electron chi connectivity index (χ0n) is 19.3. The van der Waals surface area contributed by atoms with Crippen LogP contribution in [-0.4, -0.2) is 54.2 Å². The Bertz CT molecular complexity index is 1070. The summed E-state index contributed by atoms with van der Waals surface area (Å²) in [6.45, 7) is 0.535. The number of amides is 3. The number of nitrogens with one attached hydrogen (secondary N) is 3. The molecule has 1 saturated heterocycles. The summed E-state index contributed by atoms with van der Waals surface area (Å²) in [6, 6.07) is 14.6. The van der Waals surface area contributed by atoms with E-state index in [1.807, 2.05) is 48.5 Å². The Morgan fingerprint density at radius 3 is 2.34 bits per heavy atom. The highest BCUT2D eigenvalue weighted by Crippen LogP contribution is 2.44. The Balaban J connectivity index is 1.38. The van der Waals surface area contributed by atoms with Crippen molar-refractivity contribution in [3.05, 3.63) is 59.7 Å². The fourth-order valence-electron chi connectivity index (χ4n) is 4.69. The molecule has 0 radical (unpaired) electrons. The molecule has 9 heteroatoms. The van der Waals surface area contributed by atoms with Crippen molar-refractivity contribution in [3.8, 4) is 11.1 Å².